The van der Waals surface area contributed by atoms with Gasteiger partial charge in [-0.05, 0) is 51.3 Å². The Morgan fingerprint density at radius 2 is 1.83 bits per heavy atom. The lowest BCUT2D eigenvalue weighted by Gasteiger charge is -2.34. The van der Waals surface area contributed by atoms with E-state index < -0.39 is 0 Å². The van der Waals surface area contributed by atoms with E-state index in [9.17, 15) is 0 Å². The average Bonchev–Trinajstić information content (AvgIpc) is 2.57. The average molecular weight is 321 g/mol. The molecule has 1 N–H and O–H groups in total. The standard InChI is InChI=1S/C21H27N3/c1-7-15-16(8-2)20(24-23-12(3)4)21-19-17(10-9-11-18(15)19)13(5)14(6)22-21/h7-14,23H,1-6H3/b15-7+,16-8+,24-20-. The number of nitrogens with one attached hydrogen (secondary N) is 1. The van der Waals surface area contributed by atoms with Crippen molar-refractivity contribution < 1.29 is 0 Å². The fourth-order valence-corrected chi connectivity index (χ4v) is 3.57. The zero-order valence-electron chi connectivity index (χ0n) is 15.5. The molecule has 3 heteroatoms. The molecule has 24 heavy (non-hydrogen) atoms. The lowest BCUT2D eigenvalue weighted by Crippen LogP contribution is -2.35. The molecule has 2 atom stereocenters. The molecule has 0 saturated heterocycles. The molecule has 0 spiro atoms. The summed E-state index contributed by atoms with van der Waals surface area (Å²) in [7, 11) is 0. The molecule has 3 nitrogen and oxygen atoms in total. The Bertz CT molecular complexity index is 778. The minimum atomic E-state index is 0.261. The van der Waals surface area contributed by atoms with Crippen LogP contribution in [-0.2, 0) is 0 Å². The minimum absolute atomic E-state index is 0.261. The van der Waals surface area contributed by atoms with Crippen LogP contribution in [0.2, 0.25) is 0 Å². The zero-order chi connectivity index (χ0) is 17.4. The van der Waals surface area contributed by atoms with E-state index in [1.54, 1.807) is 0 Å². The van der Waals surface area contributed by atoms with Crippen LogP contribution in [0, 0.1) is 0 Å². The van der Waals surface area contributed by atoms with Gasteiger partial charge in [0, 0.05) is 23.1 Å². The first-order valence-electron chi connectivity index (χ1n) is 8.88. The van der Waals surface area contributed by atoms with Crippen LogP contribution in [0.25, 0.3) is 5.57 Å². The molecular weight excluding hydrogens is 294 g/mol. The van der Waals surface area contributed by atoms with Crippen LogP contribution in [0.15, 0.2) is 46.0 Å². The molecule has 0 fully saturated rings. The summed E-state index contributed by atoms with van der Waals surface area (Å²) >= 11 is 0. The second kappa shape index (κ2) is 6.39. The van der Waals surface area contributed by atoms with E-state index in [0.717, 1.165) is 17.0 Å². The van der Waals surface area contributed by atoms with Crippen molar-refractivity contribution in [3.05, 3.63) is 52.6 Å². The Labute approximate surface area is 145 Å². The largest absolute Gasteiger partial charge is 0.307 e. The third-order valence-corrected chi connectivity index (χ3v) is 4.95. The van der Waals surface area contributed by atoms with E-state index in [1.165, 1.54) is 22.3 Å². The van der Waals surface area contributed by atoms with Crippen molar-refractivity contribution in [2.45, 2.75) is 59.5 Å². The fourth-order valence-electron chi connectivity index (χ4n) is 3.57. The third kappa shape index (κ3) is 2.52. The highest BCUT2D eigenvalue weighted by molar-refractivity contribution is 6.59. The Morgan fingerprint density at radius 3 is 2.46 bits per heavy atom. The number of nitrogens with zero attached hydrogens (tertiary/aromatic N) is 2. The molecule has 1 aromatic rings. The first kappa shape index (κ1) is 16.7. The Hall–Kier alpha value is -2.16. The number of aliphatic imine (C=N–C) groups is 1. The molecule has 0 bridgehead atoms. The molecule has 0 radical (unpaired) electrons. The van der Waals surface area contributed by atoms with E-state index in [1.807, 2.05) is 0 Å². The highest BCUT2D eigenvalue weighted by atomic mass is 15.3. The Kier molecular flexibility index (Phi) is 4.44. The summed E-state index contributed by atoms with van der Waals surface area (Å²) in [6, 6.07) is 7.18. The second-order valence-electron chi connectivity index (χ2n) is 6.93. The lowest BCUT2D eigenvalue weighted by molar-refractivity contribution is 0.604. The summed E-state index contributed by atoms with van der Waals surface area (Å²) in [6.07, 6.45) is 4.34. The van der Waals surface area contributed by atoms with Crippen molar-refractivity contribution in [3.8, 4) is 0 Å². The molecule has 126 valence electrons. The summed E-state index contributed by atoms with van der Waals surface area (Å²) in [5, 5.41) is 4.75. The molecule has 2 unspecified atom stereocenters. The van der Waals surface area contributed by atoms with E-state index in [0.29, 0.717) is 12.0 Å². The summed E-state index contributed by atoms with van der Waals surface area (Å²) in [5.41, 5.74) is 11.6. The van der Waals surface area contributed by atoms with Gasteiger partial charge < -0.3 is 5.43 Å². The second-order valence-corrected chi connectivity index (χ2v) is 6.93. The van der Waals surface area contributed by atoms with Crippen molar-refractivity contribution in [2.24, 2.45) is 10.1 Å². The SMILES string of the molecule is C\C=C1C(=C\C)/C(=N/NC(C)C)C2=NC(C)C(C)c3cccc/1c32. The molecule has 0 aromatic heterocycles. The normalized spacial score (nSPS) is 27.6. The van der Waals surface area contributed by atoms with Gasteiger partial charge in [-0.1, -0.05) is 37.3 Å². The van der Waals surface area contributed by atoms with Crippen molar-refractivity contribution in [2.75, 3.05) is 0 Å². The van der Waals surface area contributed by atoms with Crippen molar-refractivity contribution in [3.63, 3.8) is 0 Å². The number of hydrogen-bond acceptors (Lipinski definition) is 3. The summed E-state index contributed by atoms with van der Waals surface area (Å²) in [4.78, 5) is 5.04. The maximum absolute atomic E-state index is 5.04. The lowest BCUT2D eigenvalue weighted by atomic mass is 9.74. The molecule has 3 rings (SSSR count). The van der Waals surface area contributed by atoms with Gasteiger partial charge in [0.1, 0.15) is 5.71 Å². The highest BCUT2D eigenvalue weighted by Crippen LogP contribution is 2.41. The quantitative estimate of drug-likeness (QED) is 0.788. The summed E-state index contributed by atoms with van der Waals surface area (Å²) in [6.45, 7) is 12.8. The smallest absolute Gasteiger partial charge is 0.116 e. The van der Waals surface area contributed by atoms with Crippen LogP contribution in [-0.4, -0.2) is 23.5 Å². The fraction of sp³-hybridized carbons (Fsp3) is 0.429. The van der Waals surface area contributed by atoms with Gasteiger partial charge in [-0.3, -0.25) is 4.99 Å². The van der Waals surface area contributed by atoms with Gasteiger partial charge in [-0.25, -0.2) is 0 Å². The van der Waals surface area contributed by atoms with E-state index in [-0.39, 0.29) is 6.04 Å². The molecule has 1 aliphatic heterocycles. The van der Waals surface area contributed by atoms with Gasteiger partial charge >= 0.3 is 0 Å². The van der Waals surface area contributed by atoms with Crippen LogP contribution >= 0.6 is 0 Å². The van der Waals surface area contributed by atoms with Crippen LogP contribution in [0.3, 0.4) is 0 Å². The topological polar surface area (TPSA) is 36.8 Å². The van der Waals surface area contributed by atoms with Crippen LogP contribution in [0.4, 0.5) is 0 Å². The number of hydrogen-bond donors (Lipinski definition) is 1. The summed E-state index contributed by atoms with van der Waals surface area (Å²) in [5.74, 6) is 0.424. The number of hydrazone groups is 1. The zero-order valence-corrected chi connectivity index (χ0v) is 15.5. The number of rotatable bonds is 2. The van der Waals surface area contributed by atoms with Crippen molar-refractivity contribution in [1.29, 1.82) is 0 Å². The summed E-state index contributed by atoms with van der Waals surface area (Å²) < 4.78 is 0. The van der Waals surface area contributed by atoms with Gasteiger partial charge in [0.05, 0.1) is 11.8 Å². The minimum Gasteiger partial charge on any atom is -0.307 e. The van der Waals surface area contributed by atoms with E-state index in [2.05, 4.69) is 77.3 Å². The monoisotopic (exact) mass is 321 g/mol. The van der Waals surface area contributed by atoms with Crippen LogP contribution in [0.1, 0.15) is 64.2 Å². The molecule has 1 aromatic carbocycles. The molecule has 1 heterocycles. The Balaban J connectivity index is 2.32. The van der Waals surface area contributed by atoms with Crippen molar-refractivity contribution >= 4 is 17.0 Å². The van der Waals surface area contributed by atoms with Gasteiger partial charge in [-0.2, -0.15) is 5.10 Å². The molecule has 0 saturated carbocycles. The van der Waals surface area contributed by atoms with E-state index in [4.69, 9.17) is 10.1 Å². The third-order valence-electron chi connectivity index (χ3n) is 4.95. The molecule has 2 aliphatic rings. The maximum atomic E-state index is 5.04. The van der Waals surface area contributed by atoms with Gasteiger partial charge in [-0.15, -0.1) is 0 Å². The molecular formula is C21H27N3. The molecule has 0 amide bonds. The number of allylic oxidation sites excluding steroid dienone is 4. The predicted octanol–water partition coefficient (Wildman–Crippen LogP) is 4.70. The van der Waals surface area contributed by atoms with Crippen LogP contribution < -0.4 is 5.43 Å². The van der Waals surface area contributed by atoms with Crippen molar-refractivity contribution in [1.82, 2.24) is 5.43 Å². The predicted molar refractivity (Wildman–Crippen MR) is 104 cm³/mol. The highest BCUT2D eigenvalue weighted by Gasteiger charge is 2.36. The number of benzene rings is 1. The Morgan fingerprint density at radius 1 is 1.12 bits per heavy atom. The first-order valence-corrected chi connectivity index (χ1v) is 8.88. The van der Waals surface area contributed by atoms with Gasteiger partial charge in [0.15, 0.2) is 0 Å². The van der Waals surface area contributed by atoms with Gasteiger partial charge in [0.25, 0.3) is 0 Å². The van der Waals surface area contributed by atoms with Gasteiger partial charge in [0.2, 0.25) is 0 Å². The van der Waals surface area contributed by atoms with E-state index >= 15 is 0 Å². The first-order chi connectivity index (χ1) is 11.5. The van der Waals surface area contributed by atoms with Crippen LogP contribution in [0.5, 0.6) is 0 Å². The maximum Gasteiger partial charge on any atom is 0.116 e. The molecule has 1 aliphatic carbocycles.